The van der Waals surface area contributed by atoms with Crippen LogP contribution in [0.4, 0.5) is 5.13 Å². The van der Waals surface area contributed by atoms with Crippen molar-refractivity contribution in [3.63, 3.8) is 0 Å². The molecule has 1 aromatic heterocycles. The molecule has 1 atom stereocenters. The summed E-state index contributed by atoms with van der Waals surface area (Å²) in [6.07, 6.45) is 4.60. The summed E-state index contributed by atoms with van der Waals surface area (Å²) >= 11 is 1.68. The fourth-order valence-electron chi connectivity index (χ4n) is 2.72. The quantitative estimate of drug-likeness (QED) is 0.917. The summed E-state index contributed by atoms with van der Waals surface area (Å²) in [5.41, 5.74) is 0.315. The number of aliphatic hydroxyl groups is 1. The minimum atomic E-state index is -0.776. The number of nitrogens with zero attached hydrogens (tertiary/aromatic N) is 2. The van der Waals surface area contributed by atoms with E-state index in [-0.39, 0.29) is 0 Å². The normalized spacial score (nSPS) is 20.9. The van der Waals surface area contributed by atoms with Crippen molar-refractivity contribution in [1.82, 2.24) is 4.98 Å². The second-order valence-corrected chi connectivity index (χ2v) is 7.25. The Bertz CT molecular complexity index is 422. The molecular weight excluding hydrogens is 256 g/mol. The summed E-state index contributed by atoms with van der Waals surface area (Å²) in [7, 11) is 0. The topological polar surface area (TPSA) is 36.4 Å². The number of piperidine rings is 1. The minimum absolute atomic E-state index is 0.748. The Labute approximate surface area is 120 Å². The Morgan fingerprint density at radius 1 is 1.47 bits per heavy atom. The van der Waals surface area contributed by atoms with Gasteiger partial charge in [0.2, 0.25) is 0 Å². The van der Waals surface area contributed by atoms with Crippen molar-refractivity contribution in [3.8, 4) is 0 Å². The molecule has 0 aromatic carbocycles. The van der Waals surface area contributed by atoms with E-state index in [1.165, 1.54) is 12.8 Å². The summed E-state index contributed by atoms with van der Waals surface area (Å²) in [6, 6.07) is 0. The molecule has 0 saturated carbocycles. The lowest BCUT2D eigenvalue weighted by atomic mass is 10.0. The first kappa shape index (κ1) is 14.8. The van der Waals surface area contributed by atoms with Crippen LogP contribution < -0.4 is 4.90 Å². The molecule has 19 heavy (non-hydrogen) atoms. The Hall–Kier alpha value is -0.610. The van der Waals surface area contributed by atoms with E-state index in [1.807, 2.05) is 13.8 Å². The molecule has 1 N–H and O–H groups in total. The number of hydrogen-bond acceptors (Lipinski definition) is 4. The monoisotopic (exact) mass is 282 g/mol. The van der Waals surface area contributed by atoms with Crippen LogP contribution in [0.3, 0.4) is 0 Å². The third kappa shape index (κ3) is 3.48. The average molecular weight is 282 g/mol. The smallest absolute Gasteiger partial charge is 0.185 e. The molecule has 108 valence electrons. The van der Waals surface area contributed by atoms with Crippen LogP contribution in [-0.2, 0) is 12.0 Å². The second-order valence-electron chi connectivity index (χ2n) is 6.27. The van der Waals surface area contributed by atoms with Gasteiger partial charge in [-0.25, -0.2) is 4.98 Å². The van der Waals surface area contributed by atoms with E-state index in [0.717, 1.165) is 47.6 Å². The van der Waals surface area contributed by atoms with Gasteiger partial charge in [-0.2, -0.15) is 0 Å². The Morgan fingerprint density at radius 2 is 2.21 bits per heavy atom. The molecule has 1 aromatic rings. The SMILES string of the molecule is CCCc1nc(N2CCCC(C)C2)sc1C(C)(C)O. The molecule has 3 nitrogen and oxygen atoms in total. The zero-order valence-corrected chi connectivity index (χ0v) is 13.4. The molecule has 4 heteroatoms. The van der Waals surface area contributed by atoms with Crippen LogP contribution in [0.15, 0.2) is 0 Å². The van der Waals surface area contributed by atoms with Gasteiger partial charge >= 0.3 is 0 Å². The number of anilines is 1. The molecule has 1 saturated heterocycles. The van der Waals surface area contributed by atoms with Crippen molar-refractivity contribution in [2.45, 2.75) is 59.0 Å². The maximum absolute atomic E-state index is 10.3. The second kappa shape index (κ2) is 5.80. The molecule has 2 rings (SSSR count). The fraction of sp³-hybridized carbons (Fsp3) is 0.800. The van der Waals surface area contributed by atoms with Gasteiger partial charge in [0.1, 0.15) is 0 Å². The maximum Gasteiger partial charge on any atom is 0.185 e. The lowest BCUT2D eigenvalue weighted by Crippen LogP contribution is -2.34. The van der Waals surface area contributed by atoms with Gasteiger partial charge in [0.15, 0.2) is 5.13 Å². The lowest BCUT2D eigenvalue weighted by molar-refractivity contribution is 0.0813. The highest BCUT2D eigenvalue weighted by molar-refractivity contribution is 7.15. The molecule has 1 aliphatic rings. The van der Waals surface area contributed by atoms with Gasteiger partial charge in [0.05, 0.1) is 16.2 Å². The average Bonchev–Trinajstić information content (AvgIpc) is 2.73. The third-order valence-electron chi connectivity index (χ3n) is 3.66. The molecule has 1 aliphatic heterocycles. The highest BCUT2D eigenvalue weighted by Gasteiger charge is 2.27. The van der Waals surface area contributed by atoms with Crippen molar-refractivity contribution >= 4 is 16.5 Å². The van der Waals surface area contributed by atoms with Crippen LogP contribution in [0, 0.1) is 5.92 Å². The molecule has 2 heterocycles. The van der Waals surface area contributed by atoms with Gasteiger partial charge in [-0.1, -0.05) is 31.6 Å². The Morgan fingerprint density at radius 3 is 2.79 bits per heavy atom. The molecule has 0 amide bonds. The summed E-state index contributed by atoms with van der Waals surface area (Å²) in [5.74, 6) is 0.748. The molecule has 0 radical (unpaired) electrons. The molecule has 1 unspecified atom stereocenters. The van der Waals surface area contributed by atoms with Crippen LogP contribution >= 0.6 is 11.3 Å². The Kier molecular flexibility index (Phi) is 4.51. The first-order chi connectivity index (χ1) is 8.91. The van der Waals surface area contributed by atoms with Crippen LogP contribution in [0.5, 0.6) is 0 Å². The van der Waals surface area contributed by atoms with E-state index in [9.17, 15) is 5.11 Å². The zero-order chi connectivity index (χ0) is 14.0. The van der Waals surface area contributed by atoms with Gasteiger partial charge < -0.3 is 10.0 Å². The van der Waals surface area contributed by atoms with E-state index in [0.29, 0.717) is 0 Å². The lowest BCUT2D eigenvalue weighted by Gasteiger charge is -2.30. The van der Waals surface area contributed by atoms with Crippen LogP contribution in [0.1, 0.15) is 57.5 Å². The van der Waals surface area contributed by atoms with Crippen molar-refractivity contribution in [2.24, 2.45) is 5.92 Å². The van der Waals surface area contributed by atoms with Crippen molar-refractivity contribution < 1.29 is 5.11 Å². The number of hydrogen-bond donors (Lipinski definition) is 1. The molecule has 0 spiro atoms. The highest BCUT2D eigenvalue weighted by Crippen LogP contribution is 2.36. The fourth-order valence-corrected chi connectivity index (χ4v) is 3.87. The minimum Gasteiger partial charge on any atom is -0.385 e. The van der Waals surface area contributed by atoms with E-state index in [2.05, 4.69) is 18.7 Å². The number of rotatable bonds is 4. The highest BCUT2D eigenvalue weighted by atomic mass is 32.1. The first-order valence-electron chi connectivity index (χ1n) is 7.39. The number of aromatic nitrogens is 1. The summed E-state index contributed by atoms with van der Waals surface area (Å²) in [4.78, 5) is 8.25. The standard InChI is InChI=1S/C15H26N2OS/c1-5-7-12-13(15(3,4)18)19-14(16-12)17-9-6-8-11(2)10-17/h11,18H,5-10H2,1-4H3. The van der Waals surface area contributed by atoms with E-state index in [1.54, 1.807) is 11.3 Å². The predicted octanol–water partition coefficient (Wildman–Crippen LogP) is 3.56. The van der Waals surface area contributed by atoms with Gasteiger partial charge in [-0.15, -0.1) is 0 Å². The zero-order valence-electron chi connectivity index (χ0n) is 12.6. The van der Waals surface area contributed by atoms with Crippen molar-refractivity contribution in [2.75, 3.05) is 18.0 Å². The number of aryl methyl sites for hydroxylation is 1. The summed E-state index contributed by atoms with van der Waals surface area (Å²) in [5, 5.41) is 11.4. The van der Waals surface area contributed by atoms with E-state index in [4.69, 9.17) is 4.98 Å². The summed E-state index contributed by atoms with van der Waals surface area (Å²) in [6.45, 7) is 10.4. The molecule has 0 aliphatic carbocycles. The molecule has 0 bridgehead atoms. The largest absolute Gasteiger partial charge is 0.385 e. The van der Waals surface area contributed by atoms with Gasteiger partial charge in [0.25, 0.3) is 0 Å². The van der Waals surface area contributed by atoms with Gasteiger partial charge in [-0.05, 0) is 39.0 Å². The maximum atomic E-state index is 10.3. The number of thiazole rings is 1. The summed E-state index contributed by atoms with van der Waals surface area (Å²) < 4.78 is 0. The predicted molar refractivity (Wildman–Crippen MR) is 82.0 cm³/mol. The van der Waals surface area contributed by atoms with E-state index < -0.39 is 5.60 Å². The van der Waals surface area contributed by atoms with Crippen LogP contribution in [0.25, 0.3) is 0 Å². The molecule has 1 fully saturated rings. The molecular formula is C15H26N2OS. The third-order valence-corrected chi connectivity index (χ3v) is 5.13. The van der Waals surface area contributed by atoms with Crippen molar-refractivity contribution in [1.29, 1.82) is 0 Å². The van der Waals surface area contributed by atoms with Crippen molar-refractivity contribution in [3.05, 3.63) is 10.6 Å². The van der Waals surface area contributed by atoms with Crippen LogP contribution in [0.2, 0.25) is 0 Å². The first-order valence-corrected chi connectivity index (χ1v) is 8.21. The van der Waals surface area contributed by atoms with Gasteiger partial charge in [0, 0.05) is 13.1 Å². The van der Waals surface area contributed by atoms with Crippen LogP contribution in [-0.4, -0.2) is 23.2 Å². The Balaban J connectivity index is 2.26. The van der Waals surface area contributed by atoms with Gasteiger partial charge in [-0.3, -0.25) is 0 Å². The van der Waals surface area contributed by atoms with E-state index >= 15 is 0 Å².